The summed E-state index contributed by atoms with van der Waals surface area (Å²) in [4.78, 5) is 13.2. The van der Waals surface area contributed by atoms with Gasteiger partial charge in [0.2, 0.25) is 0 Å². The van der Waals surface area contributed by atoms with E-state index in [0.717, 1.165) is 48.0 Å². The molecule has 0 N–H and O–H groups in total. The van der Waals surface area contributed by atoms with Crippen LogP contribution < -0.4 is 0 Å². The van der Waals surface area contributed by atoms with Crippen LogP contribution in [0.5, 0.6) is 0 Å². The van der Waals surface area contributed by atoms with E-state index in [0.29, 0.717) is 0 Å². The maximum atomic E-state index is 4.43. The Balaban J connectivity index is 0.000000113. The molecule has 3 heterocycles. The zero-order valence-corrected chi connectivity index (χ0v) is 25.9. The van der Waals surface area contributed by atoms with Gasteiger partial charge < -0.3 is 15.0 Å². The van der Waals surface area contributed by atoms with Gasteiger partial charge in [-0.05, 0) is 53.3 Å². The number of hydrogen-bond donors (Lipinski definition) is 0. The molecule has 4 aromatic carbocycles. The third-order valence-corrected chi connectivity index (χ3v) is 7.87. The molecule has 0 unspecified atom stereocenters. The molecule has 3 aromatic heterocycles. The monoisotopic (exact) mass is 731 g/mol. The van der Waals surface area contributed by atoms with Gasteiger partial charge in [0, 0.05) is 18.6 Å². The molecule has 7 aromatic rings. The summed E-state index contributed by atoms with van der Waals surface area (Å²) in [5, 5.41) is 3.46. The van der Waals surface area contributed by atoms with Gasteiger partial charge in [0.15, 0.2) is 0 Å². The molecule has 0 aliphatic heterocycles. The third-order valence-electron chi connectivity index (χ3n) is 7.87. The van der Waals surface area contributed by atoms with Crippen molar-refractivity contribution >= 4 is 21.7 Å². The first-order valence-electron chi connectivity index (χ1n) is 14.4. The minimum absolute atomic E-state index is 0. The van der Waals surface area contributed by atoms with Crippen molar-refractivity contribution in [3.05, 3.63) is 162 Å². The minimum atomic E-state index is 0. The van der Waals surface area contributed by atoms with Crippen molar-refractivity contribution in [2.45, 2.75) is 25.7 Å². The van der Waals surface area contributed by atoms with Gasteiger partial charge in [-0.1, -0.05) is 54.3 Å². The fourth-order valence-electron chi connectivity index (χ4n) is 5.81. The van der Waals surface area contributed by atoms with Crippen LogP contribution in [0.4, 0.5) is 0 Å². The number of nitrogens with zero attached hydrogens (tertiary/aromatic N) is 3. The molecule has 0 fully saturated rings. The van der Waals surface area contributed by atoms with Gasteiger partial charge in [-0.3, -0.25) is 0 Å². The summed E-state index contributed by atoms with van der Waals surface area (Å²) >= 11 is 0. The molecule has 0 amide bonds. The largest absolute Gasteiger partial charge is 3.00 e. The van der Waals surface area contributed by atoms with Crippen molar-refractivity contribution in [3.63, 3.8) is 0 Å². The molecule has 4 heteroatoms. The van der Waals surface area contributed by atoms with Gasteiger partial charge in [-0.15, -0.1) is 106 Å². The molecule has 0 atom stereocenters. The Labute approximate surface area is 266 Å². The third kappa shape index (κ3) is 6.03. The van der Waals surface area contributed by atoms with Gasteiger partial charge in [-0.25, -0.2) is 0 Å². The summed E-state index contributed by atoms with van der Waals surface area (Å²) < 4.78 is 0. The van der Waals surface area contributed by atoms with Crippen molar-refractivity contribution in [2.24, 2.45) is 0 Å². The minimum Gasteiger partial charge on any atom is -0.304 e. The molecule has 0 radical (unpaired) electrons. The molecule has 2 aliphatic carbocycles. The SMILES string of the molecule is [Ir+3].[c-]1cccc2c1-c1ncccc1CC2.[c-]1cccc2c1-c1ncccc1CC2.[c-]1cccc2ccc3cccnc3c12. The number of hydrogen-bond acceptors (Lipinski definition) is 3. The number of rotatable bonds is 0. The van der Waals surface area contributed by atoms with Crippen molar-refractivity contribution in [1.82, 2.24) is 15.0 Å². The van der Waals surface area contributed by atoms with Gasteiger partial charge in [0.25, 0.3) is 0 Å². The van der Waals surface area contributed by atoms with Crippen LogP contribution >= 0.6 is 0 Å². The van der Waals surface area contributed by atoms with E-state index in [2.05, 4.69) is 81.7 Å². The Bertz CT molecular complexity index is 1780. The van der Waals surface area contributed by atoms with E-state index >= 15 is 0 Å². The zero-order valence-electron chi connectivity index (χ0n) is 23.6. The second-order valence-corrected chi connectivity index (χ2v) is 10.4. The van der Waals surface area contributed by atoms with Crippen LogP contribution in [0.3, 0.4) is 0 Å². The standard InChI is InChI=1S/2C13H10N.C13H8N.Ir/c3*1-2-6-12-10(4-1)7-8-11-5-3-9-14-13(11)12;/h2*1-5,9H,7-8H2;1-5,7-9H;/q3*-1;+3. The van der Waals surface area contributed by atoms with E-state index in [1.54, 1.807) is 0 Å². The quantitative estimate of drug-likeness (QED) is 0.116. The van der Waals surface area contributed by atoms with E-state index in [4.69, 9.17) is 0 Å². The molecule has 208 valence electrons. The fraction of sp³-hybridized carbons (Fsp3) is 0.103. The van der Waals surface area contributed by atoms with Crippen molar-refractivity contribution < 1.29 is 20.1 Å². The number of aryl methyl sites for hydroxylation is 4. The van der Waals surface area contributed by atoms with E-state index in [-0.39, 0.29) is 20.1 Å². The van der Waals surface area contributed by atoms with Crippen LogP contribution in [0.25, 0.3) is 44.2 Å². The van der Waals surface area contributed by atoms with Crippen LogP contribution in [0.1, 0.15) is 22.3 Å². The topological polar surface area (TPSA) is 38.7 Å². The molecule has 0 spiro atoms. The van der Waals surface area contributed by atoms with Crippen LogP contribution in [-0.4, -0.2) is 15.0 Å². The van der Waals surface area contributed by atoms with Crippen molar-refractivity contribution in [1.29, 1.82) is 0 Å². The molecule has 3 nitrogen and oxygen atoms in total. The first-order valence-corrected chi connectivity index (χ1v) is 14.4. The maximum Gasteiger partial charge on any atom is 3.00 e. The summed E-state index contributed by atoms with van der Waals surface area (Å²) in [6.07, 6.45) is 9.98. The summed E-state index contributed by atoms with van der Waals surface area (Å²) in [5.41, 5.74) is 11.1. The summed E-state index contributed by atoms with van der Waals surface area (Å²) in [6, 6.07) is 44.7. The fourth-order valence-corrected chi connectivity index (χ4v) is 5.81. The second-order valence-electron chi connectivity index (χ2n) is 10.4. The van der Waals surface area contributed by atoms with Gasteiger partial charge >= 0.3 is 20.1 Å². The molecular formula is C39H28IrN3. The first kappa shape index (κ1) is 28.6. The van der Waals surface area contributed by atoms with Crippen molar-refractivity contribution in [2.75, 3.05) is 0 Å². The van der Waals surface area contributed by atoms with Gasteiger partial charge in [0.1, 0.15) is 0 Å². The number of pyridine rings is 3. The summed E-state index contributed by atoms with van der Waals surface area (Å²) in [7, 11) is 0. The Morgan fingerprint density at radius 2 is 0.907 bits per heavy atom. The predicted octanol–water partition coefficient (Wildman–Crippen LogP) is 8.48. The molecule has 43 heavy (non-hydrogen) atoms. The Morgan fingerprint density at radius 1 is 0.442 bits per heavy atom. The van der Waals surface area contributed by atoms with E-state index < -0.39 is 0 Å². The maximum absolute atomic E-state index is 4.43. The van der Waals surface area contributed by atoms with Crippen LogP contribution in [0.15, 0.2) is 122 Å². The number of benzene rings is 4. The van der Waals surface area contributed by atoms with Crippen LogP contribution in [0.2, 0.25) is 0 Å². The normalized spacial score (nSPS) is 12.1. The molecule has 0 saturated carbocycles. The van der Waals surface area contributed by atoms with Crippen molar-refractivity contribution in [3.8, 4) is 22.5 Å². The predicted molar refractivity (Wildman–Crippen MR) is 170 cm³/mol. The molecule has 0 saturated heterocycles. The number of aromatic nitrogens is 3. The molecule has 9 rings (SSSR count). The second kappa shape index (κ2) is 13.2. The smallest absolute Gasteiger partial charge is 0.304 e. The van der Waals surface area contributed by atoms with Gasteiger partial charge in [-0.2, -0.15) is 0 Å². The van der Waals surface area contributed by atoms with Gasteiger partial charge in [0.05, 0.1) is 0 Å². The summed E-state index contributed by atoms with van der Waals surface area (Å²) in [5.74, 6) is 0. The molecule has 2 aliphatic rings. The van der Waals surface area contributed by atoms with Crippen LogP contribution in [0, 0.1) is 18.2 Å². The van der Waals surface area contributed by atoms with E-state index in [1.165, 1.54) is 44.2 Å². The zero-order chi connectivity index (χ0) is 28.1. The first-order chi connectivity index (χ1) is 20.8. The Morgan fingerprint density at radius 3 is 1.56 bits per heavy atom. The Kier molecular flexibility index (Phi) is 8.79. The Hall–Kier alpha value is -4.50. The van der Waals surface area contributed by atoms with Crippen LogP contribution in [-0.2, 0) is 45.8 Å². The molecular weight excluding hydrogens is 703 g/mol. The number of fused-ring (bicyclic) bond motifs is 9. The van der Waals surface area contributed by atoms with E-state index in [9.17, 15) is 0 Å². The average Bonchev–Trinajstić information content (AvgIpc) is 3.09. The average molecular weight is 731 g/mol. The summed E-state index contributed by atoms with van der Waals surface area (Å²) in [6.45, 7) is 0. The molecule has 0 bridgehead atoms. The van der Waals surface area contributed by atoms with E-state index in [1.807, 2.05) is 73.2 Å².